The molecule has 2 aromatic heterocycles. The van der Waals surface area contributed by atoms with Crippen LogP contribution in [0.15, 0.2) is 6.07 Å². The summed E-state index contributed by atoms with van der Waals surface area (Å²) in [5, 5.41) is 12.1. The number of rotatable bonds is 7. The van der Waals surface area contributed by atoms with Crippen LogP contribution in [0.25, 0.3) is 9.53 Å². The first-order chi connectivity index (χ1) is 10.0. The molecule has 0 aliphatic carbocycles. The van der Waals surface area contributed by atoms with Crippen LogP contribution in [0.1, 0.15) is 29.9 Å². The molecule has 0 fully saturated rings. The van der Waals surface area contributed by atoms with Gasteiger partial charge in [0, 0.05) is 19.6 Å². The molecule has 0 saturated carbocycles. The first kappa shape index (κ1) is 15.7. The van der Waals surface area contributed by atoms with Crippen molar-refractivity contribution in [2.45, 2.75) is 20.3 Å². The molecule has 0 aliphatic rings. The second-order valence-corrected chi connectivity index (χ2v) is 6.39. The Morgan fingerprint density at radius 1 is 1.33 bits per heavy atom. The Bertz CT molecular complexity index is 615. The van der Waals surface area contributed by atoms with Gasteiger partial charge in [0.15, 0.2) is 5.13 Å². The average Bonchev–Trinajstić information content (AvgIpc) is 2.98. The highest BCUT2D eigenvalue weighted by molar-refractivity contribution is 7.29. The number of nitrogens with zero attached hydrogens (tertiary/aromatic N) is 2. The predicted molar refractivity (Wildman–Crippen MR) is 85.6 cm³/mol. The lowest BCUT2D eigenvalue weighted by atomic mass is 10.4. The number of carboxylic acid groups (broad SMARTS) is 1. The number of aromatic nitrogens is 1. The summed E-state index contributed by atoms with van der Waals surface area (Å²) >= 11 is 2.91. The van der Waals surface area contributed by atoms with E-state index >= 15 is 0 Å². The summed E-state index contributed by atoms with van der Waals surface area (Å²) in [7, 11) is 0. The fourth-order valence-electron chi connectivity index (χ4n) is 1.84. The van der Waals surface area contributed by atoms with E-state index in [-0.39, 0.29) is 18.9 Å². The third kappa shape index (κ3) is 3.70. The average molecular weight is 327 g/mol. The van der Waals surface area contributed by atoms with E-state index in [4.69, 9.17) is 5.11 Å². The third-order valence-electron chi connectivity index (χ3n) is 2.96. The van der Waals surface area contributed by atoms with Gasteiger partial charge in [0.25, 0.3) is 5.91 Å². The van der Waals surface area contributed by atoms with Gasteiger partial charge in [-0.2, -0.15) is 0 Å². The largest absolute Gasteiger partial charge is 0.481 e. The van der Waals surface area contributed by atoms with E-state index in [1.807, 2.05) is 6.07 Å². The Hall–Kier alpha value is -1.67. The lowest BCUT2D eigenvalue weighted by Crippen LogP contribution is -2.25. The number of aliphatic carboxylic acids is 1. The molecule has 2 rings (SSSR count). The van der Waals surface area contributed by atoms with Gasteiger partial charge in [-0.05, 0) is 19.9 Å². The molecule has 2 N–H and O–H groups in total. The number of thiophene rings is 1. The van der Waals surface area contributed by atoms with E-state index in [0.29, 0.717) is 4.88 Å². The molecule has 0 aliphatic heterocycles. The summed E-state index contributed by atoms with van der Waals surface area (Å²) in [5.74, 6) is -1.16. The molecule has 0 spiro atoms. The van der Waals surface area contributed by atoms with Crippen LogP contribution in [0.3, 0.4) is 0 Å². The van der Waals surface area contributed by atoms with Crippen molar-refractivity contribution in [3.05, 3.63) is 10.9 Å². The van der Waals surface area contributed by atoms with Crippen molar-refractivity contribution in [3.63, 3.8) is 0 Å². The number of carbonyl (C=O) groups excluding carboxylic acids is 1. The second-order valence-electron chi connectivity index (χ2n) is 4.35. The van der Waals surface area contributed by atoms with Crippen LogP contribution in [0.4, 0.5) is 5.13 Å². The molecular formula is C13H17N3O3S2. The highest BCUT2D eigenvalue weighted by Gasteiger charge is 2.15. The molecule has 0 aromatic carbocycles. The highest BCUT2D eigenvalue weighted by atomic mass is 32.1. The smallest absolute Gasteiger partial charge is 0.305 e. The van der Waals surface area contributed by atoms with E-state index in [9.17, 15) is 9.59 Å². The molecule has 0 unspecified atom stereocenters. The first-order valence-corrected chi connectivity index (χ1v) is 8.33. The second kappa shape index (κ2) is 6.86. The zero-order valence-corrected chi connectivity index (χ0v) is 13.5. The molecule has 1 amide bonds. The van der Waals surface area contributed by atoms with Crippen LogP contribution in [0.2, 0.25) is 0 Å². The maximum absolute atomic E-state index is 11.9. The van der Waals surface area contributed by atoms with Gasteiger partial charge < -0.3 is 15.3 Å². The molecule has 0 bridgehead atoms. The van der Waals surface area contributed by atoms with E-state index in [2.05, 4.69) is 29.0 Å². The number of thiazole rings is 1. The van der Waals surface area contributed by atoms with Crippen LogP contribution in [-0.4, -0.2) is 41.6 Å². The van der Waals surface area contributed by atoms with E-state index < -0.39 is 5.97 Å². The van der Waals surface area contributed by atoms with Crippen molar-refractivity contribution in [3.8, 4) is 0 Å². The normalized spacial score (nSPS) is 10.8. The van der Waals surface area contributed by atoms with E-state index in [1.54, 1.807) is 11.3 Å². The summed E-state index contributed by atoms with van der Waals surface area (Å²) in [6, 6.07) is 1.82. The Morgan fingerprint density at radius 2 is 2.05 bits per heavy atom. The van der Waals surface area contributed by atoms with Crippen molar-refractivity contribution >= 4 is 49.2 Å². The van der Waals surface area contributed by atoms with Gasteiger partial charge in [0.2, 0.25) is 0 Å². The molecule has 21 heavy (non-hydrogen) atoms. The topological polar surface area (TPSA) is 82.5 Å². The summed E-state index contributed by atoms with van der Waals surface area (Å²) < 4.78 is 0.991. The van der Waals surface area contributed by atoms with Crippen LogP contribution in [0.5, 0.6) is 0 Å². The van der Waals surface area contributed by atoms with Gasteiger partial charge in [-0.3, -0.25) is 9.59 Å². The zero-order chi connectivity index (χ0) is 15.4. The summed E-state index contributed by atoms with van der Waals surface area (Å²) in [4.78, 5) is 30.5. The van der Waals surface area contributed by atoms with Gasteiger partial charge >= 0.3 is 5.97 Å². The Labute approximate surface area is 130 Å². The molecule has 0 saturated heterocycles. The number of anilines is 1. The summed E-state index contributed by atoms with van der Waals surface area (Å²) in [5.41, 5.74) is 0. The first-order valence-electron chi connectivity index (χ1n) is 6.70. The lowest BCUT2D eigenvalue weighted by Gasteiger charge is -2.16. The maximum Gasteiger partial charge on any atom is 0.305 e. The minimum atomic E-state index is -0.923. The Morgan fingerprint density at radius 3 is 2.62 bits per heavy atom. The van der Waals surface area contributed by atoms with Crippen molar-refractivity contribution in [1.82, 2.24) is 10.3 Å². The van der Waals surface area contributed by atoms with Crippen LogP contribution < -0.4 is 10.2 Å². The minimum Gasteiger partial charge on any atom is -0.481 e. The molecule has 114 valence electrons. The van der Waals surface area contributed by atoms with Gasteiger partial charge in [-0.1, -0.05) is 11.3 Å². The Kier molecular flexibility index (Phi) is 5.13. The molecular weight excluding hydrogens is 310 g/mol. The number of hydrogen-bond acceptors (Lipinski definition) is 6. The summed E-state index contributed by atoms with van der Waals surface area (Å²) in [6.07, 6.45) is -0.0736. The van der Waals surface area contributed by atoms with E-state index in [1.165, 1.54) is 11.3 Å². The standard InChI is InChI=1S/C13H17N3O3S2/c1-3-16(4-2)13-15-12-9(21-13)7-8(20-12)11(19)14-6-5-10(17)18/h7H,3-6H2,1-2H3,(H,14,19)(H,17,18). The molecule has 0 atom stereocenters. The zero-order valence-electron chi connectivity index (χ0n) is 11.9. The van der Waals surface area contributed by atoms with Gasteiger partial charge in [0.05, 0.1) is 16.0 Å². The third-order valence-corrected chi connectivity index (χ3v) is 5.18. The van der Waals surface area contributed by atoms with Crippen LogP contribution >= 0.6 is 22.7 Å². The maximum atomic E-state index is 11.9. The van der Waals surface area contributed by atoms with Crippen molar-refractivity contribution < 1.29 is 14.7 Å². The van der Waals surface area contributed by atoms with Crippen LogP contribution in [0, 0.1) is 0 Å². The summed E-state index contributed by atoms with van der Waals surface area (Å²) in [6.45, 7) is 6.11. The van der Waals surface area contributed by atoms with Crippen LogP contribution in [-0.2, 0) is 4.79 Å². The molecule has 2 heterocycles. The van der Waals surface area contributed by atoms with Gasteiger partial charge in [0.1, 0.15) is 4.83 Å². The van der Waals surface area contributed by atoms with Crippen molar-refractivity contribution in [2.75, 3.05) is 24.5 Å². The number of fused-ring (bicyclic) bond motifs is 1. The number of amides is 1. The monoisotopic (exact) mass is 327 g/mol. The Balaban J connectivity index is 2.08. The van der Waals surface area contributed by atoms with Crippen molar-refractivity contribution in [2.24, 2.45) is 0 Å². The quantitative estimate of drug-likeness (QED) is 0.816. The fourth-order valence-corrected chi connectivity index (χ4v) is 4.09. The number of carboxylic acids is 1. The fraction of sp³-hybridized carbons (Fsp3) is 0.462. The lowest BCUT2D eigenvalue weighted by molar-refractivity contribution is -0.136. The number of nitrogens with one attached hydrogen (secondary N) is 1. The highest BCUT2D eigenvalue weighted by Crippen LogP contribution is 2.34. The molecule has 8 heteroatoms. The van der Waals surface area contributed by atoms with Crippen molar-refractivity contribution in [1.29, 1.82) is 0 Å². The molecule has 6 nitrogen and oxygen atoms in total. The van der Waals surface area contributed by atoms with Gasteiger partial charge in [-0.25, -0.2) is 4.98 Å². The minimum absolute atomic E-state index is 0.0736. The molecule has 2 aromatic rings. The predicted octanol–water partition coefficient (Wildman–Crippen LogP) is 2.41. The van der Waals surface area contributed by atoms with E-state index in [0.717, 1.165) is 27.8 Å². The number of carbonyl (C=O) groups is 2. The SMILES string of the molecule is CCN(CC)c1nc2sc(C(=O)NCCC(=O)O)cc2s1. The van der Waals surface area contributed by atoms with Gasteiger partial charge in [-0.15, -0.1) is 11.3 Å². The molecule has 0 radical (unpaired) electrons. The number of hydrogen-bond donors (Lipinski definition) is 2.